The summed E-state index contributed by atoms with van der Waals surface area (Å²) in [5.41, 5.74) is 0. The van der Waals surface area contributed by atoms with Crippen molar-refractivity contribution >= 4 is 35.8 Å². The molecule has 2 aliphatic rings. The van der Waals surface area contributed by atoms with Crippen molar-refractivity contribution in [1.29, 1.82) is 0 Å². The van der Waals surface area contributed by atoms with Gasteiger partial charge in [-0.2, -0.15) is 0 Å². The van der Waals surface area contributed by atoms with Crippen LogP contribution in [0.15, 0.2) is 35.3 Å². The summed E-state index contributed by atoms with van der Waals surface area (Å²) in [6.45, 7) is 5.90. The molecular formula is C22H35IN4O2. The molecule has 1 aromatic carbocycles. The molecule has 0 bridgehead atoms. The van der Waals surface area contributed by atoms with Crippen LogP contribution >= 0.6 is 24.0 Å². The van der Waals surface area contributed by atoms with Gasteiger partial charge >= 0.3 is 0 Å². The highest BCUT2D eigenvalue weighted by Crippen LogP contribution is 2.27. The molecule has 3 rings (SSSR count). The second kappa shape index (κ2) is 12.9. The molecule has 1 saturated heterocycles. The van der Waals surface area contributed by atoms with E-state index >= 15 is 0 Å². The molecule has 2 fully saturated rings. The molecule has 0 spiro atoms. The number of guanidine groups is 1. The van der Waals surface area contributed by atoms with Crippen LogP contribution in [-0.2, 0) is 4.79 Å². The SMILES string of the molecule is CCNC(=NCCCOc1ccccc1)NC1CCN(C(=O)C2CCCC2)C1.I. The number of nitrogens with zero attached hydrogens (tertiary/aromatic N) is 2. The number of amides is 1. The number of para-hydroxylation sites is 1. The van der Waals surface area contributed by atoms with Crippen molar-refractivity contribution < 1.29 is 9.53 Å². The minimum atomic E-state index is 0. The van der Waals surface area contributed by atoms with E-state index in [4.69, 9.17) is 4.74 Å². The predicted molar refractivity (Wildman–Crippen MR) is 128 cm³/mol. The van der Waals surface area contributed by atoms with Crippen LogP contribution in [0.2, 0.25) is 0 Å². The first-order valence-corrected chi connectivity index (χ1v) is 10.8. The molecule has 1 heterocycles. The number of carbonyl (C=O) groups excluding carboxylic acids is 1. The standard InChI is InChI=1S/C22H34N4O2.HI/c1-2-23-22(24-14-8-16-28-20-11-4-3-5-12-20)25-19-13-15-26(17-19)21(27)18-9-6-7-10-18;/h3-5,11-12,18-19H,2,6-10,13-17H2,1H3,(H2,23,24,25);1H. The van der Waals surface area contributed by atoms with Gasteiger partial charge in [0.15, 0.2) is 5.96 Å². The molecular weight excluding hydrogens is 479 g/mol. The van der Waals surface area contributed by atoms with Crippen molar-refractivity contribution in [2.45, 2.75) is 51.5 Å². The zero-order chi connectivity index (χ0) is 19.6. The van der Waals surface area contributed by atoms with Gasteiger partial charge in [0.25, 0.3) is 0 Å². The Morgan fingerprint density at radius 3 is 2.69 bits per heavy atom. The van der Waals surface area contributed by atoms with Crippen LogP contribution in [0.3, 0.4) is 0 Å². The average molecular weight is 514 g/mol. The lowest BCUT2D eigenvalue weighted by atomic mass is 10.1. The lowest BCUT2D eigenvalue weighted by molar-refractivity contribution is -0.134. The fourth-order valence-corrected chi connectivity index (χ4v) is 3.98. The zero-order valence-electron chi connectivity index (χ0n) is 17.4. The summed E-state index contributed by atoms with van der Waals surface area (Å²) in [5, 5.41) is 6.82. The first kappa shape index (κ1) is 23.8. The van der Waals surface area contributed by atoms with Crippen molar-refractivity contribution in [2.24, 2.45) is 10.9 Å². The lowest BCUT2D eigenvalue weighted by Gasteiger charge is -2.21. The van der Waals surface area contributed by atoms with E-state index in [2.05, 4.69) is 22.5 Å². The monoisotopic (exact) mass is 514 g/mol. The molecule has 29 heavy (non-hydrogen) atoms. The summed E-state index contributed by atoms with van der Waals surface area (Å²) in [6.07, 6.45) is 6.40. The number of halogens is 1. The molecule has 0 radical (unpaired) electrons. The molecule has 2 N–H and O–H groups in total. The predicted octanol–water partition coefficient (Wildman–Crippen LogP) is 3.42. The second-order valence-corrected chi connectivity index (χ2v) is 7.67. The maximum Gasteiger partial charge on any atom is 0.225 e. The Morgan fingerprint density at radius 1 is 1.21 bits per heavy atom. The van der Waals surface area contributed by atoms with Crippen molar-refractivity contribution in [3.8, 4) is 5.75 Å². The van der Waals surface area contributed by atoms with Gasteiger partial charge in [-0.1, -0.05) is 31.0 Å². The van der Waals surface area contributed by atoms with Crippen LogP contribution in [0.5, 0.6) is 5.75 Å². The van der Waals surface area contributed by atoms with Crippen LogP contribution in [0.4, 0.5) is 0 Å². The summed E-state index contributed by atoms with van der Waals surface area (Å²) in [7, 11) is 0. The summed E-state index contributed by atoms with van der Waals surface area (Å²) in [6, 6.07) is 10.1. The van der Waals surface area contributed by atoms with E-state index in [1.807, 2.05) is 35.2 Å². The van der Waals surface area contributed by atoms with E-state index in [0.29, 0.717) is 19.1 Å². The molecule has 1 aliphatic carbocycles. The van der Waals surface area contributed by atoms with Crippen molar-refractivity contribution in [2.75, 3.05) is 32.8 Å². The van der Waals surface area contributed by atoms with Gasteiger partial charge in [-0.05, 0) is 38.3 Å². The minimum absolute atomic E-state index is 0. The molecule has 162 valence electrons. The molecule has 6 nitrogen and oxygen atoms in total. The molecule has 1 atom stereocenters. The van der Waals surface area contributed by atoms with Gasteiger partial charge in [0, 0.05) is 44.6 Å². The van der Waals surface area contributed by atoms with Gasteiger partial charge in [0.1, 0.15) is 5.75 Å². The maximum absolute atomic E-state index is 12.6. The van der Waals surface area contributed by atoms with E-state index in [9.17, 15) is 4.79 Å². The van der Waals surface area contributed by atoms with Crippen molar-refractivity contribution in [3.05, 3.63) is 30.3 Å². The number of ether oxygens (including phenoxy) is 1. The minimum Gasteiger partial charge on any atom is -0.494 e. The first-order valence-electron chi connectivity index (χ1n) is 10.8. The summed E-state index contributed by atoms with van der Waals surface area (Å²) in [5.74, 6) is 2.36. The van der Waals surface area contributed by atoms with Crippen molar-refractivity contribution in [1.82, 2.24) is 15.5 Å². The van der Waals surface area contributed by atoms with Gasteiger partial charge < -0.3 is 20.3 Å². The van der Waals surface area contributed by atoms with E-state index in [0.717, 1.165) is 57.0 Å². The van der Waals surface area contributed by atoms with Gasteiger partial charge in [-0.3, -0.25) is 9.79 Å². The van der Waals surface area contributed by atoms with E-state index in [1.165, 1.54) is 12.8 Å². The normalized spacial score (nSPS) is 19.7. The first-order chi connectivity index (χ1) is 13.8. The number of benzene rings is 1. The largest absolute Gasteiger partial charge is 0.494 e. The highest BCUT2D eigenvalue weighted by atomic mass is 127. The van der Waals surface area contributed by atoms with Gasteiger partial charge in [0.2, 0.25) is 5.91 Å². The van der Waals surface area contributed by atoms with Crippen LogP contribution < -0.4 is 15.4 Å². The Kier molecular flexibility index (Phi) is 10.6. The Labute approximate surface area is 191 Å². The molecule has 1 aromatic rings. The second-order valence-electron chi connectivity index (χ2n) is 7.67. The topological polar surface area (TPSA) is 66.0 Å². The third-order valence-corrected chi connectivity index (χ3v) is 5.47. The summed E-state index contributed by atoms with van der Waals surface area (Å²) >= 11 is 0. The molecule has 1 unspecified atom stereocenters. The average Bonchev–Trinajstić information content (AvgIpc) is 3.40. The maximum atomic E-state index is 12.6. The molecule has 1 aliphatic heterocycles. The van der Waals surface area contributed by atoms with E-state index in [1.54, 1.807) is 0 Å². The number of nitrogens with one attached hydrogen (secondary N) is 2. The number of carbonyl (C=O) groups is 1. The smallest absolute Gasteiger partial charge is 0.225 e. The van der Waals surface area contributed by atoms with Crippen LogP contribution in [0.25, 0.3) is 0 Å². The fraction of sp³-hybridized carbons (Fsp3) is 0.636. The molecule has 7 heteroatoms. The Hall–Kier alpha value is -1.51. The van der Waals surface area contributed by atoms with Crippen LogP contribution in [0, 0.1) is 5.92 Å². The van der Waals surface area contributed by atoms with Crippen LogP contribution in [0.1, 0.15) is 45.4 Å². The number of aliphatic imine (C=N–C) groups is 1. The lowest BCUT2D eigenvalue weighted by Crippen LogP contribution is -2.45. The molecule has 1 saturated carbocycles. The number of hydrogen-bond donors (Lipinski definition) is 2. The van der Waals surface area contributed by atoms with Crippen LogP contribution in [-0.4, -0.2) is 55.6 Å². The van der Waals surface area contributed by atoms with Gasteiger partial charge in [-0.25, -0.2) is 0 Å². The zero-order valence-corrected chi connectivity index (χ0v) is 19.8. The van der Waals surface area contributed by atoms with Gasteiger partial charge in [0.05, 0.1) is 6.61 Å². The number of hydrogen-bond acceptors (Lipinski definition) is 3. The Bertz CT molecular complexity index is 635. The van der Waals surface area contributed by atoms with Gasteiger partial charge in [-0.15, -0.1) is 24.0 Å². The highest BCUT2D eigenvalue weighted by molar-refractivity contribution is 14.0. The third kappa shape index (κ3) is 7.68. The number of likely N-dealkylation sites (tertiary alicyclic amines) is 1. The van der Waals surface area contributed by atoms with E-state index in [-0.39, 0.29) is 35.9 Å². The quantitative estimate of drug-likeness (QED) is 0.242. The summed E-state index contributed by atoms with van der Waals surface area (Å²) < 4.78 is 5.72. The van der Waals surface area contributed by atoms with E-state index < -0.39 is 0 Å². The fourth-order valence-electron chi connectivity index (χ4n) is 3.98. The Morgan fingerprint density at radius 2 is 1.97 bits per heavy atom. The highest BCUT2D eigenvalue weighted by Gasteiger charge is 2.32. The third-order valence-electron chi connectivity index (χ3n) is 5.47. The summed E-state index contributed by atoms with van der Waals surface area (Å²) in [4.78, 5) is 19.3. The van der Waals surface area contributed by atoms with Crippen molar-refractivity contribution in [3.63, 3.8) is 0 Å². The molecule has 1 amide bonds. The Balaban J connectivity index is 0.00000300. The molecule has 0 aromatic heterocycles. The number of rotatable bonds is 8.